The van der Waals surface area contributed by atoms with E-state index in [-0.39, 0.29) is 18.1 Å². The smallest absolute Gasteiger partial charge is 0.232 e. The van der Waals surface area contributed by atoms with Crippen molar-refractivity contribution in [1.29, 1.82) is 0 Å². The molecule has 0 saturated heterocycles. The summed E-state index contributed by atoms with van der Waals surface area (Å²) in [6, 6.07) is 3.78. The summed E-state index contributed by atoms with van der Waals surface area (Å²) in [5, 5.41) is 3.62. The van der Waals surface area contributed by atoms with Crippen molar-refractivity contribution in [2.75, 3.05) is 12.1 Å². The van der Waals surface area contributed by atoms with Crippen LogP contribution in [0.2, 0.25) is 0 Å². The number of hydrogen-bond donors (Lipinski definition) is 1. The number of rotatable bonds is 3. The van der Waals surface area contributed by atoms with Crippen molar-refractivity contribution in [2.24, 2.45) is 11.3 Å². The van der Waals surface area contributed by atoms with Crippen LogP contribution in [-0.4, -0.2) is 17.7 Å². The average molecular weight is 304 g/mol. The van der Waals surface area contributed by atoms with Crippen molar-refractivity contribution in [3.63, 3.8) is 0 Å². The van der Waals surface area contributed by atoms with Gasteiger partial charge in [0.1, 0.15) is 0 Å². The van der Waals surface area contributed by atoms with Crippen LogP contribution in [0.4, 0.5) is 5.13 Å². The average Bonchev–Trinajstić information content (AvgIpc) is 3.00. The molecule has 0 unspecified atom stereocenters. The van der Waals surface area contributed by atoms with Crippen molar-refractivity contribution >= 4 is 32.6 Å². The zero-order valence-electron chi connectivity index (χ0n) is 11.9. The third-order valence-electron chi connectivity index (χ3n) is 4.45. The van der Waals surface area contributed by atoms with Gasteiger partial charge in [-0.25, -0.2) is 4.98 Å². The number of aromatic nitrogens is 1. The van der Waals surface area contributed by atoms with Gasteiger partial charge in [-0.2, -0.15) is 0 Å². The Labute approximate surface area is 126 Å². The van der Waals surface area contributed by atoms with E-state index in [9.17, 15) is 4.79 Å². The van der Waals surface area contributed by atoms with Crippen molar-refractivity contribution < 1.29 is 14.3 Å². The first-order valence-electron chi connectivity index (χ1n) is 7.10. The number of nitrogens with one attached hydrogen (secondary N) is 1. The molecule has 0 spiro atoms. The van der Waals surface area contributed by atoms with Gasteiger partial charge in [0.15, 0.2) is 16.6 Å². The van der Waals surface area contributed by atoms with E-state index in [0.29, 0.717) is 16.8 Å². The Morgan fingerprint density at radius 3 is 2.71 bits per heavy atom. The van der Waals surface area contributed by atoms with Gasteiger partial charge in [0, 0.05) is 12.1 Å². The number of ether oxygens (including phenoxy) is 2. The largest absolute Gasteiger partial charge is 0.454 e. The lowest BCUT2D eigenvalue weighted by atomic mass is 9.92. The number of carbonyl (C=O) groups is 1. The zero-order chi connectivity index (χ0) is 14.6. The molecular formula is C15H16N2O3S. The Morgan fingerprint density at radius 1 is 1.33 bits per heavy atom. The summed E-state index contributed by atoms with van der Waals surface area (Å²) in [5.41, 5.74) is 0.639. The maximum Gasteiger partial charge on any atom is 0.232 e. The third-order valence-corrected chi connectivity index (χ3v) is 5.38. The highest BCUT2D eigenvalue weighted by Crippen LogP contribution is 2.52. The van der Waals surface area contributed by atoms with E-state index in [2.05, 4.69) is 24.1 Å². The van der Waals surface area contributed by atoms with Gasteiger partial charge in [-0.3, -0.25) is 4.79 Å². The fourth-order valence-corrected chi connectivity index (χ4v) is 3.67. The van der Waals surface area contributed by atoms with Crippen LogP contribution in [-0.2, 0) is 4.79 Å². The van der Waals surface area contributed by atoms with Crippen molar-refractivity contribution in [3.8, 4) is 11.5 Å². The number of nitrogens with zero attached hydrogens (tertiary/aromatic N) is 1. The van der Waals surface area contributed by atoms with Gasteiger partial charge in [0.25, 0.3) is 0 Å². The summed E-state index contributed by atoms with van der Waals surface area (Å²) in [6.45, 7) is 4.46. The molecule has 110 valence electrons. The molecule has 4 rings (SSSR count). The summed E-state index contributed by atoms with van der Waals surface area (Å²) in [7, 11) is 0. The number of fused-ring (bicyclic) bond motifs is 2. The van der Waals surface area contributed by atoms with Crippen LogP contribution in [0.3, 0.4) is 0 Å². The Bertz CT molecular complexity index is 693. The van der Waals surface area contributed by atoms with E-state index in [1.165, 1.54) is 11.3 Å². The van der Waals surface area contributed by atoms with E-state index in [4.69, 9.17) is 9.47 Å². The molecule has 1 aliphatic carbocycles. The summed E-state index contributed by atoms with van der Waals surface area (Å²) in [5.74, 6) is 1.91. The van der Waals surface area contributed by atoms with Gasteiger partial charge in [0.2, 0.25) is 12.7 Å². The highest BCUT2D eigenvalue weighted by molar-refractivity contribution is 7.22. The predicted octanol–water partition coefficient (Wildman–Crippen LogP) is 3.40. The molecule has 1 amide bonds. The number of carbonyl (C=O) groups excluding carboxylic acids is 1. The Kier molecular flexibility index (Phi) is 2.66. The number of hydrogen-bond acceptors (Lipinski definition) is 5. The normalized spacial score (nSPS) is 18.2. The second-order valence-electron chi connectivity index (χ2n) is 5.96. The molecule has 1 N–H and O–H groups in total. The van der Waals surface area contributed by atoms with Gasteiger partial charge in [0.05, 0.1) is 15.6 Å². The van der Waals surface area contributed by atoms with Gasteiger partial charge in [-0.05, 0) is 18.8 Å². The molecule has 1 aromatic carbocycles. The fourth-order valence-electron chi connectivity index (χ4n) is 2.79. The third kappa shape index (κ3) is 1.97. The maximum atomic E-state index is 12.4. The number of amides is 1. The highest BCUT2D eigenvalue weighted by Gasteiger charge is 2.52. The number of thiazole rings is 1. The van der Waals surface area contributed by atoms with Crippen LogP contribution in [0.5, 0.6) is 11.5 Å². The summed E-state index contributed by atoms with van der Waals surface area (Å²) in [4.78, 5) is 16.9. The Balaban J connectivity index is 1.62. The van der Waals surface area contributed by atoms with E-state index in [0.717, 1.165) is 28.8 Å². The molecule has 0 atom stereocenters. The molecule has 0 radical (unpaired) electrons. The minimum atomic E-state index is -0.189. The first-order chi connectivity index (χ1) is 10.1. The number of benzene rings is 1. The molecular weight excluding hydrogens is 288 g/mol. The van der Waals surface area contributed by atoms with Crippen LogP contribution >= 0.6 is 11.3 Å². The molecule has 5 nitrogen and oxygen atoms in total. The van der Waals surface area contributed by atoms with E-state index in [1.54, 1.807) is 0 Å². The predicted molar refractivity (Wildman–Crippen MR) is 80.9 cm³/mol. The monoisotopic (exact) mass is 304 g/mol. The Morgan fingerprint density at radius 2 is 2.05 bits per heavy atom. The van der Waals surface area contributed by atoms with Crippen LogP contribution < -0.4 is 14.8 Å². The molecule has 2 aromatic rings. The molecule has 21 heavy (non-hydrogen) atoms. The van der Waals surface area contributed by atoms with Crippen molar-refractivity contribution in [2.45, 2.75) is 26.7 Å². The molecule has 1 saturated carbocycles. The minimum absolute atomic E-state index is 0.0941. The highest BCUT2D eigenvalue weighted by atomic mass is 32.1. The van der Waals surface area contributed by atoms with Gasteiger partial charge >= 0.3 is 0 Å². The summed E-state index contributed by atoms with van der Waals surface area (Å²) >= 11 is 1.47. The topological polar surface area (TPSA) is 60.5 Å². The van der Waals surface area contributed by atoms with E-state index in [1.807, 2.05) is 12.1 Å². The van der Waals surface area contributed by atoms with Crippen molar-refractivity contribution in [3.05, 3.63) is 12.1 Å². The minimum Gasteiger partial charge on any atom is -0.454 e. The lowest BCUT2D eigenvalue weighted by molar-refractivity contribution is -0.122. The molecule has 2 aliphatic rings. The van der Waals surface area contributed by atoms with Crippen LogP contribution in [0.15, 0.2) is 12.1 Å². The second kappa shape index (κ2) is 4.34. The molecule has 2 heterocycles. The van der Waals surface area contributed by atoms with Crippen LogP contribution in [0, 0.1) is 11.3 Å². The molecule has 1 aromatic heterocycles. The first kappa shape index (κ1) is 12.9. The van der Waals surface area contributed by atoms with Gasteiger partial charge < -0.3 is 14.8 Å². The summed E-state index contributed by atoms with van der Waals surface area (Å²) in [6.07, 6.45) is 1.94. The second-order valence-corrected chi connectivity index (χ2v) is 6.99. The first-order valence-corrected chi connectivity index (χ1v) is 7.92. The standard InChI is InChI=1S/C15H16N2O3S/c1-8(2)15(3-4-15)13(18)17-14-16-9-5-10-11(20-7-19-10)6-12(9)21-14/h5-6,8H,3-4,7H2,1-2H3,(H,16,17,18). The Hall–Kier alpha value is -1.82. The van der Waals surface area contributed by atoms with Gasteiger partial charge in [-0.15, -0.1) is 0 Å². The quantitative estimate of drug-likeness (QED) is 0.944. The SMILES string of the molecule is CC(C)C1(C(=O)Nc2nc3cc4c(cc3s2)OCO4)CC1. The fraction of sp³-hybridized carbons (Fsp3) is 0.467. The lowest BCUT2D eigenvalue weighted by Crippen LogP contribution is -2.28. The lowest BCUT2D eigenvalue weighted by Gasteiger charge is -2.17. The molecule has 0 bridgehead atoms. The molecule has 1 aliphatic heterocycles. The zero-order valence-corrected chi connectivity index (χ0v) is 12.8. The van der Waals surface area contributed by atoms with E-state index < -0.39 is 0 Å². The number of anilines is 1. The van der Waals surface area contributed by atoms with Crippen LogP contribution in [0.1, 0.15) is 26.7 Å². The maximum absolute atomic E-state index is 12.4. The van der Waals surface area contributed by atoms with E-state index >= 15 is 0 Å². The molecule has 6 heteroatoms. The van der Waals surface area contributed by atoms with Crippen molar-refractivity contribution in [1.82, 2.24) is 4.98 Å². The molecule has 1 fully saturated rings. The van der Waals surface area contributed by atoms with Gasteiger partial charge in [-0.1, -0.05) is 25.2 Å². The van der Waals surface area contributed by atoms with Crippen LogP contribution in [0.25, 0.3) is 10.2 Å². The summed E-state index contributed by atoms with van der Waals surface area (Å²) < 4.78 is 11.7.